The van der Waals surface area contributed by atoms with Gasteiger partial charge in [0.2, 0.25) is 11.8 Å². The molecule has 0 aromatic rings. The number of hydrogen-bond donors (Lipinski definition) is 1. The molecule has 2 rings (SSSR count). The molecule has 0 spiro atoms. The second-order valence-electron chi connectivity index (χ2n) is 6.32. The average molecular weight is 282 g/mol. The third-order valence-electron chi connectivity index (χ3n) is 4.69. The third-order valence-corrected chi connectivity index (χ3v) is 4.69. The minimum Gasteiger partial charge on any atom is -0.379 e. The number of amides is 2. The molecule has 0 bridgehead atoms. The summed E-state index contributed by atoms with van der Waals surface area (Å²) < 4.78 is 5.58. The predicted molar refractivity (Wildman–Crippen MR) is 76.2 cm³/mol. The second kappa shape index (κ2) is 6.12. The lowest BCUT2D eigenvalue weighted by Crippen LogP contribution is -2.58. The molecule has 0 radical (unpaired) electrons. The van der Waals surface area contributed by atoms with Gasteiger partial charge in [0.25, 0.3) is 0 Å². The lowest BCUT2D eigenvalue weighted by atomic mass is 9.90. The number of ether oxygens (including phenoxy) is 1. The van der Waals surface area contributed by atoms with Crippen molar-refractivity contribution in [2.45, 2.75) is 58.0 Å². The van der Waals surface area contributed by atoms with Crippen molar-refractivity contribution in [1.82, 2.24) is 10.2 Å². The first-order valence-electron chi connectivity index (χ1n) is 7.66. The predicted octanol–water partition coefficient (Wildman–Crippen LogP) is 1.32. The van der Waals surface area contributed by atoms with Crippen LogP contribution in [0.2, 0.25) is 0 Å². The highest BCUT2D eigenvalue weighted by atomic mass is 16.5. The number of nitrogens with zero attached hydrogens (tertiary/aromatic N) is 1. The van der Waals surface area contributed by atoms with Crippen molar-refractivity contribution < 1.29 is 14.3 Å². The zero-order valence-corrected chi connectivity index (χ0v) is 12.8. The highest BCUT2D eigenvalue weighted by Gasteiger charge is 2.42. The van der Waals surface area contributed by atoms with Crippen LogP contribution in [-0.2, 0) is 14.3 Å². The summed E-state index contributed by atoms with van der Waals surface area (Å²) in [4.78, 5) is 26.6. The average Bonchev–Trinajstić information content (AvgIpc) is 2.58. The topological polar surface area (TPSA) is 58.6 Å². The molecule has 2 fully saturated rings. The Morgan fingerprint density at radius 3 is 2.85 bits per heavy atom. The van der Waals surface area contributed by atoms with Crippen molar-refractivity contribution in [2.75, 3.05) is 19.8 Å². The molecular formula is C15H26N2O3. The van der Waals surface area contributed by atoms with Gasteiger partial charge in [0.1, 0.15) is 6.04 Å². The number of nitrogens with one attached hydrogen (secondary N) is 1. The van der Waals surface area contributed by atoms with Crippen molar-refractivity contribution >= 4 is 11.8 Å². The van der Waals surface area contributed by atoms with E-state index in [0.29, 0.717) is 19.6 Å². The van der Waals surface area contributed by atoms with Gasteiger partial charge in [-0.2, -0.15) is 0 Å². The molecule has 2 saturated heterocycles. The van der Waals surface area contributed by atoms with Gasteiger partial charge in [-0.15, -0.1) is 0 Å². The summed E-state index contributed by atoms with van der Waals surface area (Å²) in [5, 5.41) is 2.89. The highest BCUT2D eigenvalue weighted by Crippen LogP contribution is 2.29. The van der Waals surface area contributed by atoms with Crippen LogP contribution in [0.25, 0.3) is 0 Å². The molecule has 2 aliphatic rings. The van der Waals surface area contributed by atoms with E-state index in [4.69, 9.17) is 4.74 Å². The fourth-order valence-electron chi connectivity index (χ4n) is 3.09. The zero-order valence-electron chi connectivity index (χ0n) is 12.8. The summed E-state index contributed by atoms with van der Waals surface area (Å²) in [6.45, 7) is 7.98. The van der Waals surface area contributed by atoms with Crippen LogP contribution in [0, 0.1) is 5.92 Å². The summed E-state index contributed by atoms with van der Waals surface area (Å²) >= 11 is 0. The zero-order chi connectivity index (χ0) is 14.8. The van der Waals surface area contributed by atoms with Gasteiger partial charge in [-0.25, -0.2) is 0 Å². The Kier molecular flexibility index (Phi) is 4.68. The smallest absolute Gasteiger partial charge is 0.245 e. The molecule has 2 amide bonds. The Hall–Kier alpha value is -1.10. The minimum atomic E-state index is -0.395. The van der Waals surface area contributed by atoms with Crippen LogP contribution in [0.15, 0.2) is 0 Å². The van der Waals surface area contributed by atoms with E-state index in [-0.39, 0.29) is 23.3 Å². The van der Waals surface area contributed by atoms with Gasteiger partial charge in [-0.05, 0) is 25.7 Å². The van der Waals surface area contributed by atoms with Gasteiger partial charge < -0.3 is 15.0 Å². The fraction of sp³-hybridized carbons (Fsp3) is 0.867. The third kappa shape index (κ3) is 2.97. The van der Waals surface area contributed by atoms with Crippen LogP contribution in [0.1, 0.15) is 46.5 Å². The number of carbonyl (C=O) groups is 2. The standard InChI is InChI=1S/C15H26N2O3/c1-4-11(2)13-14(19)17(8-6-12(18)16-13)15(3)7-5-9-20-10-15/h11,13H,4-10H2,1-3H3,(H,16,18). The first-order chi connectivity index (χ1) is 9.48. The van der Waals surface area contributed by atoms with Crippen molar-refractivity contribution in [2.24, 2.45) is 5.92 Å². The molecule has 0 aromatic heterocycles. The molecule has 5 heteroatoms. The van der Waals surface area contributed by atoms with Crippen LogP contribution < -0.4 is 5.32 Å². The molecule has 114 valence electrons. The lowest BCUT2D eigenvalue weighted by molar-refractivity contribution is -0.145. The quantitative estimate of drug-likeness (QED) is 0.849. The maximum Gasteiger partial charge on any atom is 0.245 e. The van der Waals surface area contributed by atoms with Crippen LogP contribution in [0.4, 0.5) is 0 Å². The van der Waals surface area contributed by atoms with Gasteiger partial charge in [0, 0.05) is 19.6 Å². The molecule has 5 nitrogen and oxygen atoms in total. The van der Waals surface area contributed by atoms with E-state index in [1.165, 1.54) is 0 Å². The fourth-order valence-corrected chi connectivity index (χ4v) is 3.09. The molecule has 0 saturated carbocycles. The van der Waals surface area contributed by atoms with Crippen molar-refractivity contribution in [3.05, 3.63) is 0 Å². The largest absolute Gasteiger partial charge is 0.379 e. The Bertz CT molecular complexity index is 377. The summed E-state index contributed by atoms with van der Waals surface area (Å²) in [5.74, 6) is 0.185. The summed E-state index contributed by atoms with van der Waals surface area (Å²) in [7, 11) is 0. The molecule has 2 heterocycles. The van der Waals surface area contributed by atoms with Crippen molar-refractivity contribution in [3.8, 4) is 0 Å². The molecule has 2 aliphatic heterocycles. The van der Waals surface area contributed by atoms with E-state index >= 15 is 0 Å². The summed E-state index contributed by atoms with van der Waals surface area (Å²) in [6, 6.07) is -0.395. The van der Waals surface area contributed by atoms with E-state index in [1.54, 1.807) is 0 Å². The van der Waals surface area contributed by atoms with Gasteiger partial charge in [0.15, 0.2) is 0 Å². The summed E-state index contributed by atoms with van der Waals surface area (Å²) in [6.07, 6.45) is 3.17. The Balaban J connectivity index is 2.22. The first-order valence-corrected chi connectivity index (χ1v) is 7.66. The Labute approximate surface area is 121 Å². The van der Waals surface area contributed by atoms with Gasteiger partial charge in [0.05, 0.1) is 12.1 Å². The molecule has 3 unspecified atom stereocenters. The van der Waals surface area contributed by atoms with E-state index in [1.807, 2.05) is 18.7 Å². The van der Waals surface area contributed by atoms with Crippen molar-refractivity contribution in [3.63, 3.8) is 0 Å². The van der Waals surface area contributed by atoms with Gasteiger partial charge in [-0.3, -0.25) is 9.59 Å². The second-order valence-corrected chi connectivity index (χ2v) is 6.32. The van der Waals surface area contributed by atoms with Gasteiger partial charge in [-0.1, -0.05) is 20.3 Å². The molecule has 0 aromatic carbocycles. The number of hydrogen-bond acceptors (Lipinski definition) is 3. The monoisotopic (exact) mass is 282 g/mol. The minimum absolute atomic E-state index is 0.0218. The molecule has 1 N–H and O–H groups in total. The maximum absolute atomic E-state index is 12.9. The van der Waals surface area contributed by atoms with Gasteiger partial charge >= 0.3 is 0 Å². The molecular weight excluding hydrogens is 256 g/mol. The molecule has 20 heavy (non-hydrogen) atoms. The van der Waals surface area contributed by atoms with Crippen LogP contribution >= 0.6 is 0 Å². The Morgan fingerprint density at radius 2 is 2.25 bits per heavy atom. The van der Waals surface area contributed by atoms with E-state index in [0.717, 1.165) is 25.9 Å². The Morgan fingerprint density at radius 1 is 1.50 bits per heavy atom. The normalized spacial score (nSPS) is 33.5. The van der Waals surface area contributed by atoms with Crippen molar-refractivity contribution in [1.29, 1.82) is 0 Å². The number of rotatable bonds is 3. The SMILES string of the molecule is CCC(C)C1NC(=O)CCN(C2(C)CCCOC2)C1=O. The molecule has 0 aliphatic carbocycles. The summed E-state index contributed by atoms with van der Waals surface area (Å²) in [5.41, 5.74) is -0.270. The van der Waals surface area contributed by atoms with Crippen LogP contribution in [-0.4, -0.2) is 48.1 Å². The number of carbonyl (C=O) groups excluding carboxylic acids is 2. The van der Waals surface area contributed by atoms with E-state index in [2.05, 4.69) is 12.2 Å². The van der Waals surface area contributed by atoms with E-state index in [9.17, 15) is 9.59 Å². The van der Waals surface area contributed by atoms with Crippen LogP contribution in [0.3, 0.4) is 0 Å². The maximum atomic E-state index is 12.9. The highest BCUT2D eigenvalue weighted by molar-refractivity contribution is 5.90. The molecule has 3 atom stereocenters. The van der Waals surface area contributed by atoms with Crippen LogP contribution in [0.5, 0.6) is 0 Å². The van der Waals surface area contributed by atoms with E-state index < -0.39 is 6.04 Å². The lowest BCUT2D eigenvalue weighted by Gasteiger charge is -2.44. The first kappa shape index (κ1) is 15.3.